The van der Waals surface area contributed by atoms with Crippen LogP contribution < -0.4 is 4.90 Å². The summed E-state index contributed by atoms with van der Waals surface area (Å²) in [4.78, 5) is 2.21. The fourth-order valence-electron chi connectivity index (χ4n) is 5.31. The molecule has 0 saturated carbocycles. The molecular weight excluding hydrogens is 424 g/mol. The van der Waals surface area contributed by atoms with Crippen molar-refractivity contribution in [1.29, 1.82) is 0 Å². The average molecular weight is 454 g/mol. The molecule has 0 atom stereocenters. The van der Waals surface area contributed by atoms with Gasteiger partial charge in [0.2, 0.25) is 0 Å². The number of rotatable bonds is 4. The van der Waals surface area contributed by atoms with E-state index < -0.39 is 16.8 Å². The highest BCUT2D eigenvalue weighted by Gasteiger charge is 2.65. The van der Waals surface area contributed by atoms with E-state index in [-0.39, 0.29) is 0 Å². The van der Waals surface area contributed by atoms with Crippen LogP contribution in [0.25, 0.3) is 11.1 Å². The van der Waals surface area contributed by atoms with E-state index >= 15 is 8.78 Å². The second kappa shape index (κ2) is 7.80. The average Bonchev–Trinajstić information content (AvgIpc) is 2.95. The Labute approximate surface area is 200 Å². The first-order valence-corrected chi connectivity index (χ1v) is 11.7. The largest absolute Gasteiger partial charge is 0.311 e. The quantitative estimate of drug-likeness (QED) is 0.298. The van der Waals surface area contributed by atoms with Crippen molar-refractivity contribution < 1.29 is 8.78 Å². The topological polar surface area (TPSA) is 3.24 Å². The standard InChI is InChI=1S/C31H29F2N/c1-29(2)27-20-17-23(21-28(27)30(3,4)31(29,32)33)22-15-18-26(19-16-22)34(24-11-7-5-8-12-24)25-13-9-6-10-14-25/h5-21H,1-4H3. The normalized spacial score (nSPS) is 17.2. The first-order chi connectivity index (χ1) is 16.1. The van der Waals surface area contributed by atoms with Gasteiger partial charge in [0.05, 0.1) is 10.8 Å². The van der Waals surface area contributed by atoms with Crippen LogP contribution in [-0.4, -0.2) is 5.92 Å². The van der Waals surface area contributed by atoms with E-state index in [1.807, 2.05) is 54.6 Å². The number of halogens is 2. The van der Waals surface area contributed by atoms with Crippen molar-refractivity contribution in [2.75, 3.05) is 4.90 Å². The summed E-state index contributed by atoms with van der Waals surface area (Å²) in [6.45, 7) is 6.61. The van der Waals surface area contributed by atoms with Gasteiger partial charge >= 0.3 is 0 Å². The predicted molar refractivity (Wildman–Crippen MR) is 138 cm³/mol. The minimum Gasteiger partial charge on any atom is -0.311 e. The SMILES string of the molecule is CC1(C)c2ccc(-c3ccc(N(c4ccccc4)c4ccccc4)cc3)cc2C(C)(C)C1(F)F. The third-order valence-corrected chi connectivity index (χ3v) is 7.42. The molecule has 34 heavy (non-hydrogen) atoms. The number of anilines is 3. The third-order valence-electron chi connectivity index (χ3n) is 7.42. The second-order valence-corrected chi connectivity index (χ2v) is 10.1. The molecular formula is C31H29F2N. The van der Waals surface area contributed by atoms with Crippen molar-refractivity contribution in [2.45, 2.75) is 44.4 Å². The van der Waals surface area contributed by atoms with Crippen LogP contribution in [0.2, 0.25) is 0 Å². The number of hydrogen-bond donors (Lipinski definition) is 0. The Bertz CT molecular complexity index is 1270. The van der Waals surface area contributed by atoms with Crippen LogP contribution in [0.5, 0.6) is 0 Å². The number of hydrogen-bond acceptors (Lipinski definition) is 1. The lowest BCUT2D eigenvalue weighted by atomic mass is 9.77. The number of alkyl halides is 2. The maximum atomic E-state index is 15.3. The summed E-state index contributed by atoms with van der Waals surface area (Å²) in [7, 11) is 0. The molecule has 0 radical (unpaired) electrons. The van der Waals surface area contributed by atoms with E-state index in [0.717, 1.165) is 39.3 Å². The van der Waals surface area contributed by atoms with Gasteiger partial charge in [-0.2, -0.15) is 0 Å². The Morgan fingerprint density at radius 2 is 0.941 bits per heavy atom. The van der Waals surface area contributed by atoms with Gasteiger partial charge in [0.25, 0.3) is 5.92 Å². The van der Waals surface area contributed by atoms with Gasteiger partial charge in [-0.1, -0.05) is 66.7 Å². The molecule has 1 nitrogen and oxygen atoms in total. The van der Waals surface area contributed by atoms with Crippen LogP contribution in [-0.2, 0) is 10.8 Å². The van der Waals surface area contributed by atoms with Crippen molar-refractivity contribution in [3.8, 4) is 11.1 Å². The number of nitrogens with zero attached hydrogens (tertiary/aromatic N) is 1. The van der Waals surface area contributed by atoms with Gasteiger partial charge in [0.15, 0.2) is 0 Å². The van der Waals surface area contributed by atoms with Crippen LogP contribution in [0.1, 0.15) is 38.8 Å². The summed E-state index contributed by atoms with van der Waals surface area (Å²) < 4.78 is 30.6. The van der Waals surface area contributed by atoms with E-state index in [1.54, 1.807) is 27.7 Å². The maximum absolute atomic E-state index is 15.3. The summed E-state index contributed by atoms with van der Waals surface area (Å²) in [6, 6.07) is 34.6. The molecule has 0 heterocycles. The van der Waals surface area contributed by atoms with Crippen LogP contribution >= 0.6 is 0 Å². The van der Waals surface area contributed by atoms with Crippen LogP contribution in [0.3, 0.4) is 0 Å². The molecule has 0 bridgehead atoms. The minimum atomic E-state index is -2.82. The summed E-state index contributed by atoms with van der Waals surface area (Å²) in [5.41, 5.74) is 4.21. The Morgan fingerprint density at radius 3 is 1.47 bits per heavy atom. The Kier molecular flexibility index (Phi) is 5.12. The van der Waals surface area contributed by atoms with Crippen molar-refractivity contribution in [2.24, 2.45) is 0 Å². The van der Waals surface area contributed by atoms with E-state index in [2.05, 4.69) is 53.4 Å². The molecule has 0 N–H and O–H groups in total. The maximum Gasteiger partial charge on any atom is 0.266 e. The van der Waals surface area contributed by atoms with Crippen molar-refractivity contribution in [3.63, 3.8) is 0 Å². The van der Waals surface area contributed by atoms with Gasteiger partial charge < -0.3 is 4.90 Å². The van der Waals surface area contributed by atoms with E-state index in [9.17, 15) is 0 Å². The van der Waals surface area contributed by atoms with Crippen molar-refractivity contribution in [3.05, 3.63) is 114 Å². The van der Waals surface area contributed by atoms with Gasteiger partial charge in [-0.05, 0) is 86.3 Å². The van der Waals surface area contributed by atoms with E-state index in [4.69, 9.17) is 0 Å². The highest BCUT2D eigenvalue weighted by molar-refractivity contribution is 5.78. The molecule has 0 unspecified atom stereocenters. The summed E-state index contributed by atoms with van der Waals surface area (Å²) in [5, 5.41) is 0. The molecule has 0 spiro atoms. The molecule has 0 fully saturated rings. The Morgan fingerprint density at radius 1 is 0.500 bits per heavy atom. The predicted octanol–water partition coefficient (Wildman–Crippen LogP) is 9.03. The fourth-order valence-corrected chi connectivity index (χ4v) is 5.31. The van der Waals surface area contributed by atoms with Gasteiger partial charge in [-0.15, -0.1) is 0 Å². The molecule has 0 aliphatic heterocycles. The minimum absolute atomic E-state index is 0.735. The molecule has 172 valence electrons. The first-order valence-electron chi connectivity index (χ1n) is 11.7. The zero-order valence-corrected chi connectivity index (χ0v) is 20.0. The molecule has 5 rings (SSSR count). The van der Waals surface area contributed by atoms with Gasteiger partial charge in [0.1, 0.15) is 0 Å². The van der Waals surface area contributed by atoms with Crippen LogP contribution in [0.15, 0.2) is 103 Å². The number of para-hydroxylation sites is 2. The third kappa shape index (κ3) is 3.26. The molecule has 1 aliphatic carbocycles. The summed E-state index contributed by atoms with van der Waals surface area (Å²) in [5.74, 6) is -2.82. The number of fused-ring (bicyclic) bond motifs is 1. The van der Waals surface area contributed by atoms with Crippen LogP contribution in [0, 0.1) is 0 Å². The smallest absolute Gasteiger partial charge is 0.266 e. The van der Waals surface area contributed by atoms with Gasteiger partial charge in [-0.25, -0.2) is 8.78 Å². The van der Waals surface area contributed by atoms with Crippen LogP contribution in [0.4, 0.5) is 25.8 Å². The molecule has 3 heteroatoms. The van der Waals surface area contributed by atoms with E-state index in [0.29, 0.717) is 0 Å². The van der Waals surface area contributed by atoms with Crippen molar-refractivity contribution >= 4 is 17.1 Å². The number of benzene rings is 4. The lowest BCUT2D eigenvalue weighted by Gasteiger charge is -2.35. The zero-order valence-electron chi connectivity index (χ0n) is 20.0. The molecule has 0 amide bonds. The van der Waals surface area contributed by atoms with E-state index in [1.165, 1.54) is 0 Å². The molecule has 0 aromatic heterocycles. The zero-order chi connectivity index (χ0) is 24.1. The molecule has 4 aromatic carbocycles. The Balaban J connectivity index is 1.55. The Hall–Kier alpha value is -3.46. The second-order valence-electron chi connectivity index (χ2n) is 10.1. The summed E-state index contributed by atoms with van der Waals surface area (Å²) in [6.07, 6.45) is 0. The first kappa shape index (κ1) is 22.3. The lowest BCUT2D eigenvalue weighted by molar-refractivity contribution is -0.105. The lowest BCUT2D eigenvalue weighted by Crippen LogP contribution is -2.46. The molecule has 0 saturated heterocycles. The van der Waals surface area contributed by atoms with Crippen molar-refractivity contribution in [1.82, 2.24) is 0 Å². The van der Waals surface area contributed by atoms with Gasteiger partial charge in [-0.3, -0.25) is 0 Å². The molecule has 4 aromatic rings. The molecule has 1 aliphatic rings. The highest BCUT2D eigenvalue weighted by Crippen LogP contribution is 2.59. The van der Waals surface area contributed by atoms with Gasteiger partial charge in [0, 0.05) is 17.1 Å². The fraction of sp³-hybridized carbons (Fsp3) is 0.226. The monoisotopic (exact) mass is 453 g/mol. The summed E-state index contributed by atoms with van der Waals surface area (Å²) >= 11 is 0. The highest BCUT2D eigenvalue weighted by atomic mass is 19.3.